The fourth-order valence-electron chi connectivity index (χ4n) is 5.15. The number of ether oxygens (including phenoxy) is 2. The Kier molecular flexibility index (Phi) is 5.50. The Morgan fingerprint density at radius 2 is 1.84 bits per heavy atom. The summed E-state index contributed by atoms with van der Waals surface area (Å²) in [5.41, 5.74) is 1.37. The van der Waals surface area contributed by atoms with Crippen molar-refractivity contribution in [3.8, 4) is 11.5 Å². The van der Waals surface area contributed by atoms with Crippen LogP contribution in [0.1, 0.15) is 38.2 Å². The molecule has 4 heterocycles. The summed E-state index contributed by atoms with van der Waals surface area (Å²) in [6.45, 7) is 5.96. The van der Waals surface area contributed by atoms with E-state index >= 15 is 0 Å². The molecule has 3 aliphatic rings. The van der Waals surface area contributed by atoms with Crippen molar-refractivity contribution in [2.45, 2.75) is 44.7 Å². The van der Waals surface area contributed by atoms with Crippen molar-refractivity contribution in [1.29, 1.82) is 0 Å². The molecular formula is C23H29N5O4. The number of nitrogens with zero attached hydrogens (tertiary/aromatic N) is 4. The second kappa shape index (κ2) is 8.46. The van der Waals surface area contributed by atoms with Gasteiger partial charge in [-0.3, -0.25) is 9.69 Å². The van der Waals surface area contributed by atoms with Gasteiger partial charge < -0.3 is 19.7 Å². The number of carbonyl (C=O) groups excluding carboxylic acids is 2. The molecule has 0 unspecified atom stereocenters. The number of rotatable bonds is 3. The number of nitrogens with one attached hydrogen (secondary N) is 1. The molecule has 5 rings (SSSR count). The van der Waals surface area contributed by atoms with Gasteiger partial charge in [-0.15, -0.1) is 5.10 Å². The molecule has 2 amide bonds. The molecule has 9 nitrogen and oxygen atoms in total. The fourth-order valence-corrected chi connectivity index (χ4v) is 5.15. The summed E-state index contributed by atoms with van der Waals surface area (Å²) in [6, 6.07) is 7.73. The van der Waals surface area contributed by atoms with Crippen LogP contribution >= 0.6 is 0 Å². The molecule has 2 saturated heterocycles. The normalized spacial score (nSPS) is 19.8. The first-order valence-electron chi connectivity index (χ1n) is 11.3. The number of benzene rings is 1. The third-order valence-electron chi connectivity index (χ3n) is 6.77. The monoisotopic (exact) mass is 439 g/mol. The SMILES string of the molecule is CC(=O)Nc1ccn(C(=O)N2CCC3(CCCN3Cc3ccc4c(c3)OCCO4)CC2)n1. The Morgan fingerprint density at radius 1 is 1.06 bits per heavy atom. The summed E-state index contributed by atoms with van der Waals surface area (Å²) < 4.78 is 12.7. The highest BCUT2D eigenvalue weighted by molar-refractivity contribution is 5.88. The lowest BCUT2D eigenvalue weighted by atomic mass is 9.85. The zero-order valence-corrected chi connectivity index (χ0v) is 18.4. The molecule has 2 aromatic rings. The number of amides is 2. The molecule has 1 aromatic heterocycles. The summed E-state index contributed by atoms with van der Waals surface area (Å²) in [5, 5.41) is 6.79. The number of aromatic nitrogens is 2. The van der Waals surface area contributed by atoms with Crippen LogP contribution in [0.25, 0.3) is 0 Å². The summed E-state index contributed by atoms with van der Waals surface area (Å²) in [5.74, 6) is 1.84. The first-order chi connectivity index (χ1) is 15.5. The summed E-state index contributed by atoms with van der Waals surface area (Å²) >= 11 is 0. The second-order valence-electron chi connectivity index (χ2n) is 8.82. The van der Waals surface area contributed by atoms with Gasteiger partial charge in [0.1, 0.15) is 13.2 Å². The number of carbonyl (C=O) groups is 2. The zero-order valence-electron chi connectivity index (χ0n) is 18.4. The first kappa shape index (κ1) is 20.8. The van der Waals surface area contributed by atoms with Crippen LogP contribution in [0, 0.1) is 0 Å². The number of likely N-dealkylation sites (tertiary alicyclic amines) is 2. The zero-order chi connectivity index (χ0) is 22.1. The van der Waals surface area contributed by atoms with E-state index in [4.69, 9.17) is 9.47 Å². The number of hydrogen-bond acceptors (Lipinski definition) is 6. The molecule has 2 fully saturated rings. The number of hydrogen-bond donors (Lipinski definition) is 1. The van der Waals surface area contributed by atoms with Gasteiger partial charge >= 0.3 is 6.03 Å². The Labute approximate surface area is 187 Å². The summed E-state index contributed by atoms with van der Waals surface area (Å²) in [4.78, 5) is 28.5. The second-order valence-corrected chi connectivity index (χ2v) is 8.82. The van der Waals surface area contributed by atoms with Crippen LogP contribution in [0.4, 0.5) is 10.6 Å². The van der Waals surface area contributed by atoms with Gasteiger partial charge in [-0.25, -0.2) is 4.79 Å². The molecule has 0 aliphatic carbocycles. The van der Waals surface area contributed by atoms with Gasteiger partial charge in [0.15, 0.2) is 17.3 Å². The van der Waals surface area contributed by atoms with Gasteiger partial charge in [0.2, 0.25) is 5.91 Å². The molecule has 0 saturated carbocycles. The molecule has 0 bridgehead atoms. The highest BCUT2D eigenvalue weighted by atomic mass is 16.6. The number of fused-ring (bicyclic) bond motifs is 1. The van der Waals surface area contributed by atoms with Gasteiger partial charge in [0, 0.05) is 44.4 Å². The van der Waals surface area contributed by atoms with Gasteiger partial charge in [0.05, 0.1) is 0 Å². The van der Waals surface area contributed by atoms with Crippen LogP contribution in [0.5, 0.6) is 11.5 Å². The van der Waals surface area contributed by atoms with E-state index in [0.717, 1.165) is 43.9 Å². The average molecular weight is 440 g/mol. The maximum absolute atomic E-state index is 12.9. The van der Waals surface area contributed by atoms with Crippen molar-refractivity contribution < 1.29 is 19.1 Å². The molecule has 1 aromatic carbocycles. The van der Waals surface area contributed by atoms with Crippen LogP contribution < -0.4 is 14.8 Å². The topological polar surface area (TPSA) is 88.9 Å². The van der Waals surface area contributed by atoms with Crippen molar-refractivity contribution in [1.82, 2.24) is 19.6 Å². The van der Waals surface area contributed by atoms with Crippen molar-refractivity contribution in [3.63, 3.8) is 0 Å². The van der Waals surface area contributed by atoms with E-state index < -0.39 is 0 Å². The third-order valence-corrected chi connectivity index (χ3v) is 6.77. The van der Waals surface area contributed by atoms with Crippen molar-refractivity contribution >= 4 is 17.8 Å². The molecular weight excluding hydrogens is 410 g/mol. The minimum absolute atomic E-state index is 0.134. The maximum atomic E-state index is 12.9. The Bertz CT molecular complexity index is 1010. The molecule has 0 radical (unpaired) electrons. The summed E-state index contributed by atoms with van der Waals surface area (Å²) in [6.07, 6.45) is 5.83. The maximum Gasteiger partial charge on any atom is 0.344 e. The van der Waals surface area contributed by atoms with Crippen LogP contribution in [-0.4, -0.2) is 69.9 Å². The highest BCUT2D eigenvalue weighted by Crippen LogP contribution is 2.40. The first-order valence-corrected chi connectivity index (χ1v) is 11.3. The van der Waals surface area contributed by atoms with Crippen LogP contribution in [0.2, 0.25) is 0 Å². The molecule has 0 atom stereocenters. The molecule has 1 N–H and O–H groups in total. The van der Waals surface area contributed by atoms with E-state index in [0.29, 0.717) is 32.1 Å². The van der Waals surface area contributed by atoms with E-state index in [2.05, 4.69) is 27.4 Å². The number of anilines is 1. The minimum Gasteiger partial charge on any atom is -0.486 e. The lowest BCUT2D eigenvalue weighted by Crippen LogP contribution is -2.53. The quantitative estimate of drug-likeness (QED) is 0.791. The van der Waals surface area contributed by atoms with E-state index in [-0.39, 0.29) is 17.5 Å². The fraction of sp³-hybridized carbons (Fsp3) is 0.522. The molecule has 3 aliphatic heterocycles. The standard InChI is InChI=1S/C23H29N5O4/c1-17(29)24-21-5-10-28(25-21)22(30)26-11-7-23(8-12-26)6-2-9-27(23)16-18-3-4-19-20(15-18)32-14-13-31-19/h3-5,10,15H,2,6-9,11-14,16H2,1H3,(H,24,25,29). The van der Waals surface area contributed by atoms with Gasteiger partial charge in [-0.1, -0.05) is 6.07 Å². The smallest absolute Gasteiger partial charge is 0.344 e. The van der Waals surface area contributed by atoms with E-state index in [9.17, 15) is 9.59 Å². The minimum atomic E-state index is -0.207. The van der Waals surface area contributed by atoms with E-state index in [1.807, 2.05) is 11.0 Å². The molecule has 170 valence electrons. The van der Waals surface area contributed by atoms with E-state index in [1.165, 1.54) is 23.6 Å². The largest absolute Gasteiger partial charge is 0.486 e. The molecule has 9 heteroatoms. The van der Waals surface area contributed by atoms with Crippen molar-refractivity contribution in [2.24, 2.45) is 0 Å². The van der Waals surface area contributed by atoms with Crippen molar-refractivity contribution in [3.05, 3.63) is 36.0 Å². The Hall–Kier alpha value is -3.07. The number of piperidine rings is 1. The highest BCUT2D eigenvalue weighted by Gasteiger charge is 2.43. The summed E-state index contributed by atoms with van der Waals surface area (Å²) in [7, 11) is 0. The average Bonchev–Trinajstić information content (AvgIpc) is 3.41. The lowest BCUT2D eigenvalue weighted by molar-refractivity contribution is -0.114. The van der Waals surface area contributed by atoms with Gasteiger partial charge in [-0.05, 0) is 49.9 Å². The molecule has 32 heavy (non-hydrogen) atoms. The lowest BCUT2D eigenvalue weighted by Gasteiger charge is -2.45. The predicted octanol–water partition coefficient (Wildman–Crippen LogP) is 2.71. The van der Waals surface area contributed by atoms with Gasteiger partial charge in [0.25, 0.3) is 0 Å². The Balaban J connectivity index is 1.22. The van der Waals surface area contributed by atoms with Crippen molar-refractivity contribution in [2.75, 3.05) is 38.2 Å². The van der Waals surface area contributed by atoms with Gasteiger partial charge in [-0.2, -0.15) is 4.68 Å². The van der Waals surface area contributed by atoms with Crippen LogP contribution in [0.15, 0.2) is 30.5 Å². The third kappa shape index (κ3) is 4.04. The van der Waals surface area contributed by atoms with Crippen LogP contribution in [-0.2, 0) is 11.3 Å². The molecule has 1 spiro atoms. The predicted molar refractivity (Wildman–Crippen MR) is 118 cm³/mol. The van der Waals surface area contributed by atoms with E-state index in [1.54, 1.807) is 12.3 Å². The van der Waals surface area contributed by atoms with Crippen LogP contribution in [0.3, 0.4) is 0 Å². The Morgan fingerprint density at radius 3 is 2.62 bits per heavy atom.